The number of nitrogens with two attached hydrogens (primary N) is 1. The maximum Gasteiger partial charge on any atom is 0.258 e. The van der Waals surface area contributed by atoms with Crippen LogP contribution in [0.2, 0.25) is 0 Å². The van der Waals surface area contributed by atoms with E-state index in [1.807, 2.05) is 6.92 Å². The summed E-state index contributed by atoms with van der Waals surface area (Å²) in [6, 6.07) is 3.36. The number of carbonyl (C=O) groups is 1. The molecule has 5 nitrogen and oxygen atoms in total. The highest BCUT2D eigenvalue weighted by atomic mass is 79.9. The molecule has 0 spiro atoms. The van der Waals surface area contributed by atoms with Crippen molar-refractivity contribution in [3.63, 3.8) is 0 Å². The lowest BCUT2D eigenvalue weighted by Crippen LogP contribution is -2.30. The highest BCUT2D eigenvalue weighted by Crippen LogP contribution is 2.37. The molecule has 0 aliphatic carbocycles. The van der Waals surface area contributed by atoms with Gasteiger partial charge in [-0.15, -0.1) is 0 Å². The van der Waals surface area contributed by atoms with E-state index in [4.69, 9.17) is 20.3 Å². The lowest BCUT2D eigenvalue weighted by Gasteiger charge is -2.17. The van der Waals surface area contributed by atoms with Crippen LogP contribution in [-0.4, -0.2) is 23.7 Å². The topological polar surface area (TPSA) is 81.8 Å². The minimum Gasteiger partial charge on any atom is -0.490 e. The number of amides is 1. The normalized spacial score (nSPS) is 12.0. The minimum absolute atomic E-state index is 0.107. The van der Waals surface area contributed by atoms with E-state index in [1.165, 1.54) is 0 Å². The first-order valence-electron chi connectivity index (χ1n) is 5.51. The fraction of sp³-hybridized carbons (Fsp3) is 0.417. The molecule has 3 N–H and O–H groups in total. The number of ether oxygens (including phenoxy) is 2. The van der Waals surface area contributed by atoms with Crippen molar-refractivity contribution in [1.29, 1.82) is 0 Å². The van der Waals surface area contributed by atoms with E-state index in [1.54, 1.807) is 19.1 Å². The average molecular weight is 318 g/mol. The van der Waals surface area contributed by atoms with Crippen LogP contribution in [0.1, 0.15) is 19.4 Å². The Bertz CT molecular complexity index is 436. The largest absolute Gasteiger partial charge is 0.490 e. The van der Waals surface area contributed by atoms with Gasteiger partial charge < -0.3 is 20.3 Å². The summed E-state index contributed by atoms with van der Waals surface area (Å²) in [7, 11) is 0. The first-order valence-corrected chi connectivity index (χ1v) is 6.31. The van der Waals surface area contributed by atoms with Gasteiger partial charge in [-0.05, 0) is 47.5 Å². The van der Waals surface area contributed by atoms with Crippen molar-refractivity contribution in [2.24, 2.45) is 5.73 Å². The minimum atomic E-state index is -0.763. The second kappa shape index (κ2) is 6.61. The van der Waals surface area contributed by atoms with Crippen molar-refractivity contribution >= 4 is 21.8 Å². The van der Waals surface area contributed by atoms with Crippen LogP contribution < -0.4 is 15.2 Å². The Hall–Kier alpha value is -1.27. The summed E-state index contributed by atoms with van der Waals surface area (Å²) in [6.07, 6.45) is -0.763. The van der Waals surface area contributed by atoms with Gasteiger partial charge in [0.05, 0.1) is 17.7 Å². The number of hydrogen-bond donors (Lipinski definition) is 2. The van der Waals surface area contributed by atoms with Crippen LogP contribution in [0.25, 0.3) is 0 Å². The second-order valence-electron chi connectivity index (χ2n) is 3.66. The molecule has 0 saturated carbocycles. The molecule has 0 radical (unpaired) electrons. The Morgan fingerprint density at radius 3 is 2.72 bits per heavy atom. The number of carbonyl (C=O) groups excluding carboxylic acids is 1. The molecule has 6 heteroatoms. The van der Waals surface area contributed by atoms with Crippen molar-refractivity contribution < 1.29 is 19.4 Å². The maximum absolute atomic E-state index is 11.0. The molecule has 0 heterocycles. The first-order chi connectivity index (χ1) is 8.49. The number of benzene rings is 1. The standard InChI is InChI=1S/C12H16BrNO4/c1-3-17-10-5-8(6-15)4-9(13)11(10)18-7(2)12(14)16/h4-5,7,15H,3,6H2,1-2H3,(H2,14,16). The summed E-state index contributed by atoms with van der Waals surface area (Å²) in [5.74, 6) is 0.306. The van der Waals surface area contributed by atoms with Gasteiger partial charge in [0.25, 0.3) is 5.91 Å². The lowest BCUT2D eigenvalue weighted by molar-refractivity contribution is -0.124. The fourth-order valence-corrected chi connectivity index (χ4v) is 1.91. The molecule has 1 amide bonds. The number of halogens is 1. The van der Waals surface area contributed by atoms with E-state index in [0.717, 1.165) is 0 Å². The van der Waals surface area contributed by atoms with Crippen LogP contribution in [0.4, 0.5) is 0 Å². The van der Waals surface area contributed by atoms with Gasteiger partial charge in [0.1, 0.15) is 0 Å². The Balaban J connectivity index is 3.11. The summed E-state index contributed by atoms with van der Waals surface area (Å²) < 4.78 is 11.5. The smallest absolute Gasteiger partial charge is 0.258 e. The van der Waals surface area contributed by atoms with Crippen molar-refractivity contribution in [3.8, 4) is 11.5 Å². The van der Waals surface area contributed by atoms with Gasteiger partial charge in [-0.2, -0.15) is 0 Å². The van der Waals surface area contributed by atoms with Gasteiger partial charge in [0, 0.05) is 0 Å². The van der Waals surface area contributed by atoms with Crippen LogP contribution in [0.5, 0.6) is 11.5 Å². The van der Waals surface area contributed by atoms with Gasteiger partial charge in [-0.1, -0.05) is 0 Å². The Labute approximate surface area is 114 Å². The summed E-state index contributed by atoms with van der Waals surface area (Å²) in [5, 5.41) is 9.12. The number of rotatable bonds is 6. The highest BCUT2D eigenvalue weighted by Gasteiger charge is 2.17. The average Bonchev–Trinajstić information content (AvgIpc) is 2.32. The summed E-state index contributed by atoms with van der Waals surface area (Å²) in [4.78, 5) is 11.0. The van der Waals surface area contributed by atoms with Crippen molar-refractivity contribution in [2.75, 3.05) is 6.61 Å². The molecule has 0 saturated heterocycles. The Kier molecular flexibility index (Phi) is 5.43. The van der Waals surface area contributed by atoms with Crippen molar-refractivity contribution in [3.05, 3.63) is 22.2 Å². The molecule has 1 rings (SSSR count). The molecular formula is C12H16BrNO4. The predicted molar refractivity (Wildman–Crippen MR) is 70.5 cm³/mol. The van der Waals surface area contributed by atoms with Gasteiger partial charge in [0.15, 0.2) is 17.6 Å². The number of hydrogen-bond acceptors (Lipinski definition) is 4. The number of aliphatic hydroxyl groups is 1. The lowest BCUT2D eigenvalue weighted by atomic mass is 10.2. The Morgan fingerprint density at radius 2 is 2.22 bits per heavy atom. The second-order valence-corrected chi connectivity index (χ2v) is 4.51. The van der Waals surface area contributed by atoms with Crippen LogP contribution in [0.15, 0.2) is 16.6 Å². The Morgan fingerprint density at radius 1 is 1.56 bits per heavy atom. The van der Waals surface area contributed by atoms with Crippen LogP contribution in [0.3, 0.4) is 0 Å². The van der Waals surface area contributed by atoms with E-state index in [0.29, 0.717) is 28.1 Å². The summed E-state index contributed by atoms with van der Waals surface area (Å²) >= 11 is 3.32. The van der Waals surface area contributed by atoms with Gasteiger partial charge >= 0.3 is 0 Å². The van der Waals surface area contributed by atoms with E-state index in [-0.39, 0.29) is 6.61 Å². The van der Waals surface area contributed by atoms with Crippen molar-refractivity contribution in [2.45, 2.75) is 26.6 Å². The summed E-state index contributed by atoms with van der Waals surface area (Å²) in [5.41, 5.74) is 5.84. The van der Waals surface area contributed by atoms with Gasteiger partial charge in [0.2, 0.25) is 0 Å². The third-order valence-electron chi connectivity index (χ3n) is 2.25. The van der Waals surface area contributed by atoms with E-state index in [9.17, 15) is 4.79 Å². The molecule has 0 fully saturated rings. The zero-order chi connectivity index (χ0) is 13.7. The zero-order valence-electron chi connectivity index (χ0n) is 10.3. The SMILES string of the molecule is CCOc1cc(CO)cc(Br)c1OC(C)C(N)=O. The molecule has 1 aromatic carbocycles. The third-order valence-corrected chi connectivity index (χ3v) is 2.84. The monoisotopic (exact) mass is 317 g/mol. The van der Waals surface area contributed by atoms with E-state index < -0.39 is 12.0 Å². The zero-order valence-corrected chi connectivity index (χ0v) is 11.9. The van der Waals surface area contributed by atoms with Crippen molar-refractivity contribution in [1.82, 2.24) is 0 Å². The fourth-order valence-electron chi connectivity index (χ4n) is 1.32. The molecule has 0 aromatic heterocycles. The number of aliphatic hydroxyl groups excluding tert-OH is 1. The van der Waals surface area contributed by atoms with Crippen LogP contribution in [-0.2, 0) is 11.4 Å². The molecular weight excluding hydrogens is 302 g/mol. The first kappa shape index (κ1) is 14.8. The highest BCUT2D eigenvalue weighted by molar-refractivity contribution is 9.10. The molecule has 18 heavy (non-hydrogen) atoms. The molecule has 1 aromatic rings. The van der Waals surface area contributed by atoms with Crippen LogP contribution >= 0.6 is 15.9 Å². The van der Waals surface area contributed by atoms with Gasteiger partial charge in [-0.25, -0.2) is 0 Å². The van der Waals surface area contributed by atoms with Gasteiger partial charge in [-0.3, -0.25) is 4.79 Å². The number of primary amides is 1. The predicted octanol–water partition coefficient (Wildman–Crippen LogP) is 1.59. The molecule has 1 unspecified atom stereocenters. The molecule has 0 aliphatic rings. The summed E-state index contributed by atoms with van der Waals surface area (Å²) in [6.45, 7) is 3.73. The molecule has 100 valence electrons. The quantitative estimate of drug-likeness (QED) is 0.834. The molecule has 0 bridgehead atoms. The maximum atomic E-state index is 11.0. The van der Waals surface area contributed by atoms with E-state index >= 15 is 0 Å². The van der Waals surface area contributed by atoms with Crippen LogP contribution in [0, 0.1) is 0 Å². The molecule has 0 aliphatic heterocycles. The van der Waals surface area contributed by atoms with E-state index in [2.05, 4.69) is 15.9 Å². The third kappa shape index (κ3) is 3.61. The molecule has 1 atom stereocenters.